The summed E-state index contributed by atoms with van der Waals surface area (Å²) in [7, 11) is 0. The Bertz CT molecular complexity index is 650. The smallest absolute Gasteiger partial charge is 0.266 e. The lowest BCUT2D eigenvalue weighted by Crippen LogP contribution is -2.52. The number of nitrogens with one attached hydrogen (secondary N) is 1. The molecule has 1 amide bonds. The third-order valence-electron chi connectivity index (χ3n) is 3.64. The van der Waals surface area contributed by atoms with Gasteiger partial charge < -0.3 is 10.2 Å². The van der Waals surface area contributed by atoms with Crippen LogP contribution < -0.4 is 5.32 Å². The van der Waals surface area contributed by atoms with Gasteiger partial charge in [-0.3, -0.25) is 9.78 Å². The molecule has 1 N–H and O–H groups in total. The second-order valence-electron chi connectivity index (χ2n) is 5.20. The summed E-state index contributed by atoms with van der Waals surface area (Å²) in [6, 6.07) is 5.93. The van der Waals surface area contributed by atoms with E-state index in [-0.39, 0.29) is 36.8 Å². The van der Waals surface area contributed by atoms with E-state index in [0.29, 0.717) is 0 Å². The molecule has 0 unspecified atom stereocenters. The molecule has 1 aliphatic heterocycles. The van der Waals surface area contributed by atoms with Crippen LogP contribution in [0.4, 0.5) is 0 Å². The first kappa shape index (κ1) is 19.8. The number of nitrogens with zero attached hydrogens (tertiary/aromatic N) is 3. The van der Waals surface area contributed by atoms with Crippen molar-refractivity contribution < 1.29 is 4.79 Å². The zero-order chi connectivity index (χ0) is 14.8. The monoisotopic (exact) mass is 374 g/mol. The fraction of sp³-hybridized carbons (Fsp3) is 0.400. The van der Waals surface area contributed by atoms with Crippen molar-refractivity contribution in [1.82, 2.24) is 20.2 Å². The van der Waals surface area contributed by atoms with Gasteiger partial charge in [0.1, 0.15) is 9.88 Å². The third kappa shape index (κ3) is 4.20. The molecule has 3 heterocycles. The number of halogens is 2. The van der Waals surface area contributed by atoms with Crippen LogP contribution >= 0.6 is 36.2 Å². The van der Waals surface area contributed by atoms with Gasteiger partial charge in [0.25, 0.3) is 5.91 Å². The lowest BCUT2D eigenvalue weighted by molar-refractivity contribution is 0.0660. The standard InChI is InChI=1S/C15H18N4OS.2ClH/c1-10-9-16-7-8-19(10)15(20)13-11(2)18-14(21-13)12-5-3-4-6-17-12;;/h3-6,10,16H,7-9H2,1-2H3;2*1H/t10-;;/m1../s1. The summed E-state index contributed by atoms with van der Waals surface area (Å²) < 4.78 is 0. The van der Waals surface area contributed by atoms with E-state index in [9.17, 15) is 4.79 Å². The minimum absolute atomic E-state index is 0. The SMILES string of the molecule is Cc1nc(-c2ccccn2)sc1C(=O)N1CCNC[C@H]1C.Cl.Cl. The van der Waals surface area contributed by atoms with E-state index in [0.717, 1.165) is 40.9 Å². The Hall–Kier alpha value is -1.21. The van der Waals surface area contributed by atoms with Crippen molar-refractivity contribution in [1.29, 1.82) is 0 Å². The molecule has 0 spiro atoms. The number of aryl methyl sites for hydroxylation is 1. The first-order chi connectivity index (χ1) is 10.2. The first-order valence-corrected chi connectivity index (χ1v) is 7.89. The van der Waals surface area contributed by atoms with Gasteiger partial charge in [0, 0.05) is 31.9 Å². The van der Waals surface area contributed by atoms with E-state index in [1.165, 1.54) is 11.3 Å². The molecular formula is C15H20Cl2N4OS. The van der Waals surface area contributed by atoms with Crippen molar-refractivity contribution in [2.75, 3.05) is 19.6 Å². The van der Waals surface area contributed by atoms with Crippen molar-refractivity contribution in [2.24, 2.45) is 0 Å². The van der Waals surface area contributed by atoms with Crippen LogP contribution in [-0.2, 0) is 0 Å². The zero-order valence-corrected chi connectivity index (χ0v) is 15.4. The highest BCUT2D eigenvalue weighted by atomic mass is 35.5. The number of aromatic nitrogens is 2. The van der Waals surface area contributed by atoms with Gasteiger partial charge in [0.2, 0.25) is 0 Å². The maximum Gasteiger partial charge on any atom is 0.266 e. The number of hydrogen-bond acceptors (Lipinski definition) is 5. The Kier molecular flexibility index (Phi) is 7.41. The molecule has 3 rings (SSSR count). The third-order valence-corrected chi connectivity index (χ3v) is 4.80. The van der Waals surface area contributed by atoms with Crippen LogP contribution in [0.2, 0.25) is 0 Å². The molecule has 2 aromatic rings. The summed E-state index contributed by atoms with van der Waals surface area (Å²) in [4.78, 5) is 24.2. The Morgan fingerprint density at radius 3 is 2.83 bits per heavy atom. The molecule has 23 heavy (non-hydrogen) atoms. The molecule has 8 heteroatoms. The van der Waals surface area contributed by atoms with Crippen molar-refractivity contribution in [3.05, 3.63) is 35.0 Å². The van der Waals surface area contributed by atoms with Crippen molar-refractivity contribution >= 4 is 42.1 Å². The number of piperazine rings is 1. The van der Waals surface area contributed by atoms with Crippen LogP contribution in [0.1, 0.15) is 22.3 Å². The molecule has 126 valence electrons. The van der Waals surface area contributed by atoms with Gasteiger partial charge >= 0.3 is 0 Å². The average molecular weight is 375 g/mol. The molecule has 1 aliphatic rings. The van der Waals surface area contributed by atoms with E-state index in [1.807, 2.05) is 30.0 Å². The van der Waals surface area contributed by atoms with E-state index in [2.05, 4.69) is 22.2 Å². The molecule has 1 fully saturated rings. The summed E-state index contributed by atoms with van der Waals surface area (Å²) >= 11 is 1.43. The average Bonchev–Trinajstić information content (AvgIpc) is 2.90. The van der Waals surface area contributed by atoms with Crippen molar-refractivity contribution in [3.8, 4) is 10.7 Å². The fourth-order valence-corrected chi connectivity index (χ4v) is 3.47. The van der Waals surface area contributed by atoms with Crippen LogP contribution in [0.3, 0.4) is 0 Å². The predicted octanol–water partition coefficient (Wildman–Crippen LogP) is 2.79. The number of amides is 1. The van der Waals surface area contributed by atoms with Crippen molar-refractivity contribution in [3.63, 3.8) is 0 Å². The van der Waals surface area contributed by atoms with Crippen LogP contribution in [0.5, 0.6) is 0 Å². The van der Waals surface area contributed by atoms with Gasteiger partial charge in [0.05, 0.1) is 11.4 Å². The Morgan fingerprint density at radius 1 is 1.39 bits per heavy atom. The normalized spacial score (nSPS) is 17.1. The molecular weight excluding hydrogens is 355 g/mol. The highest BCUT2D eigenvalue weighted by Crippen LogP contribution is 2.28. The second-order valence-corrected chi connectivity index (χ2v) is 6.20. The number of hydrogen-bond donors (Lipinski definition) is 1. The predicted molar refractivity (Wildman–Crippen MR) is 97.9 cm³/mol. The topological polar surface area (TPSA) is 58.1 Å². The largest absolute Gasteiger partial charge is 0.333 e. The van der Waals surface area contributed by atoms with Gasteiger partial charge in [0.15, 0.2) is 0 Å². The number of rotatable bonds is 2. The first-order valence-electron chi connectivity index (χ1n) is 7.07. The van der Waals surface area contributed by atoms with Gasteiger partial charge in [-0.2, -0.15) is 0 Å². The molecule has 1 atom stereocenters. The van der Waals surface area contributed by atoms with E-state index in [4.69, 9.17) is 0 Å². The van der Waals surface area contributed by atoms with Crippen molar-refractivity contribution in [2.45, 2.75) is 19.9 Å². The molecule has 0 aliphatic carbocycles. The van der Waals surface area contributed by atoms with E-state index in [1.54, 1.807) is 6.20 Å². The van der Waals surface area contributed by atoms with Gasteiger partial charge in [-0.15, -0.1) is 36.2 Å². The molecule has 0 bridgehead atoms. The molecule has 1 saturated heterocycles. The van der Waals surface area contributed by atoms with Gasteiger partial charge in [-0.05, 0) is 26.0 Å². The second kappa shape index (κ2) is 8.59. The van der Waals surface area contributed by atoms with Crippen LogP contribution in [0, 0.1) is 6.92 Å². The minimum Gasteiger partial charge on any atom is -0.333 e. The van der Waals surface area contributed by atoms with Crippen LogP contribution in [0.25, 0.3) is 10.7 Å². The maximum absolute atomic E-state index is 12.7. The Labute approximate surface area is 152 Å². The van der Waals surface area contributed by atoms with Gasteiger partial charge in [-0.25, -0.2) is 4.98 Å². The molecule has 2 aromatic heterocycles. The fourth-order valence-electron chi connectivity index (χ4n) is 2.47. The molecule has 5 nitrogen and oxygen atoms in total. The highest BCUT2D eigenvalue weighted by molar-refractivity contribution is 7.17. The lowest BCUT2D eigenvalue weighted by Gasteiger charge is -2.33. The maximum atomic E-state index is 12.7. The lowest BCUT2D eigenvalue weighted by atomic mass is 10.2. The highest BCUT2D eigenvalue weighted by Gasteiger charge is 2.27. The zero-order valence-electron chi connectivity index (χ0n) is 13.0. The van der Waals surface area contributed by atoms with Gasteiger partial charge in [-0.1, -0.05) is 6.07 Å². The summed E-state index contributed by atoms with van der Waals surface area (Å²) in [5.41, 5.74) is 1.61. The number of carbonyl (C=O) groups is 1. The van der Waals surface area contributed by atoms with Crippen LogP contribution in [0.15, 0.2) is 24.4 Å². The summed E-state index contributed by atoms with van der Waals surface area (Å²) in [5, 5.41) is 4.11. The van der Waals surface area contributed by atoms with E-state index < -0.39 is 0 Å². The molecule has 0 radical (unpaired) electrons. The minimum atomic E-state index is 0. The molecule has 0 saturated carbocycles. The summed E-state index contributed by atoms with van der Waals surface area (Å²) in [6.45, 7) is 6.40. The Balaban J connectivity index is 0.00000132. The number of carbonyl (C=O) groups excluding carboxylic acids is 1. The van der Waals surface area contributed by atoms with E-state index >= 15 is 0 Å². The number of pyridine rings is 1. The quantitative estimate of drug-likeness (QED) is 0.877. The summed E-state index contributed by atoms with van der Waals surface area (Å²) in [5.74, 6) is 0.0844. The van der Waals surface area contributed by atoms with Crippen LogP contribution in [-0.4, -0.2) is 46.5 Å². The summed E-state index contributed by atoms with van der Waals surface area (Å²) in [6.07, 6.45) is 1.74. The number of thiazole rings is 1. The Morgan fingerprint density at radius 2 is 2.17 bits per heavy atom. The molecule has 0 aromatic carbocycles.